The lowest BCUT2D eigenvalue weighted by atomic mass is 9.45. The Morgan fingerprint density at radius 1 is 0.750 bits per heavy atom. The van der Waals surface area contributed by atoms with Gasteiger partial charge in [-0.15, -0.1) is 0 Å². The summed E-state index contributed by atoms with van der Waals surface area (Å²) in [6, 6.07) is 0. The Hall–Kier alpha value is -0.0400. The number of fused-ring (bicyclic) bond motifs is 5. The lowest BCUT2D eigenvalue weighted by Gasteiger charge is -2.60. The number of aliphatic hydroxyl groups is 1. The van der Waals surface area contributed by atoms with Crippen molar-refractivity contribution in [1.82, 2.24) is 0 Å². The van der Waals surface area contributed by atoms with Gasteiger partial charge >= 0.3 is 0 Å². The van der Waals surface area contributed by atoms with Gasteiger partial charge in [-0.3, -0.25) is 0 Å². The Labute approximate surface area is 124 Å². The van der Waals surface area contributed by atoms with E-state index in [0.29, 0.717) is 5.41 Å². The molecule has 1 nitrogen and oxygen atoms in total. The molecule has 7 atom stereocenters. The lowest BCUT2D eigenvalue weighted by molar-refractivity contribution is -0.120. The van der Waals surface area contributed by atoms with E-state index in [9.17, 15) is 5.11 Å². The largest absolute Gasteiger partial charge is 0.393 e. The van der Waals surface area contributed by atoms with Crippen LogP contribution in [0, 0.1) is 34.5 Å². The maximum atomic E-state index is 10.5. The second-order valence-corrected chi connectivity index (χ2v) is 9.04. The van der Waals surface area contributed by atoms with Gasteiger partial charge in [0.1, 0.15) is 0 Å². The normalized spacial score (nSPS) is 58.6. The zero-order valence-electron chi connectivity index (χ0n) is 13.4. The highest BCUT2D eigenvalue weighted by molar-refractivity contribution is 5.08. The minimum atomic E-state index is -0.00895. The number of rotatable bonds is 0. The van der Waals surface area contributed by atoms with Gasteiger partial charge in [0.2, 0.25) is 0 Å². The zero-order valence-corrected chi connectivity index (χ0v) is 13.4. The van der Waals surface area contributed by atoms with E-state index in [-0.39, 0.29) is 11.5 Å². The summed E-state index contributed by atoms with van der Waals surface area (Å²) >= 11 is 0. The fraction of sp³-hybridized carbons (Fsp3) is 1.00. The van der Waals surface area contributed by atoms with Gasteiger partial charge in [0, 0.05) is 0 Å². The maximum absolute atomic E-state index is 10.5. The first-order valence-corrected chi connectivity index (χ1v) is 9.24. The monoisotopic (exact) mass is 276 g/mol. The van der Waals surface area contributed by atoms with Gasteiger partial charge in [-0.05, 0) is 85.9 Å². The van der Waals surface area contributed by atoms with Crippen LogP contribution in [-0.2, 0) is 0 Å². The molecule has 0 saturated heterocycles. The number of hydrogen-bond acceptors (Lipinski definition) is 1. The maximum Gasteiger partial charge on any atom is 0.0596 e. The molecule has 0 amide bonds. The second-order valence-electron chi connectivity index (χ2n) is 9.04. The molecule has 0 bridgehead atoms. The average Bonchev–Trinajstić information content (AvgIpc) is 2.74. The molecule has 4 rings (SSSR count). The van der Waals surface area contributed by atoms with Crippen molar-refractivity contribution in [3.63, 3.8) is 0 Å². The van der Waals surface area contributed by atoms with E-state index in [2.05, 4.69) is 13.8 Å². The van der Waals surface area contributed by atoms with Gasteiger partial charge in [0.15, 0.2) is 0 Å². The Morgan fingerprint density at radius 3 is 2.40 bits per heavy atom. The van der Waals surface area contributed by atoms with Crippen LogP contribution in [0.5, 0.6) is 0 Å². The predicted octanol–water partition coefficient (Wildman–Crippen LogP) is 4.78. The van der Waals surface area contributed by atoms with Crippen molar-refractivity contribution in [2.24, 2.45) is 34.5 Å². The topological polar surface area (TPSA) is 20.2 Å². The molecule has 1 N–H and O–H groups in total. The van der Waals surface area contributed by atoms with Gasteiger partial charge in [0.05, 0.1) is 6.10 Å². The van der Waals surface area contributed by atoms with Crippen LogP contribution in [0.2, 0.25) is 0 Å². The Balaban J connectivity index is 1.64. The number of hydrogen-bond donors (Lipinski definition) is 1. The van der Waals surface area contributed by atoms with Gasteiger partial charge in [-0.25, -0.2) is 0 Å². The molecule has 4 fully saturated rings. The van der Waals surface area contributed by atoms with Crippen molar-refractivity contribution in [3.05, 3.63) is 0 Å². The van der Waals surface area contributed by atoms with Crippen LogP contribution in [-0.4, -0.2) is 11.2 Å². The van der Waals surface area contributed by atoms with Crippen LogP contribution in [0.15, 0.2) is 0 Å². The van der Waals surface area contributed by atoms with Crippen molar-refractivity contribution >= 4 is 0 Å². The lowest BCUT2D eigenvalue weighted by Crippen LogP contribution is -2.53. The van der Waals surface area contributed by atoms with Crippen LogP contribution in [0.1, 0.15) is 78.1 Å². The molecule has 0 heterocycles. The van der Waals surface area contributed by atoms with Crippen molar-refractivity contribution in [1.29, 1.82) is 0 Å². The smallest absolute Gasteiger partial charge is 0.0596 e. The molecule has 0 aromatic rings. The van der Waals surface area contributed by atoms with E-state index in [1.54, 1.807) is 0 Å². The minimum Gasteiger partial charge on any atom is -0.393 e. The van der Waals surface area contributed by atoms with Crippen LogP contribution in [0.4, 0.5) is 0 Å². The van der Waals surface area contributed by atoms with Crippen LogP contribution in [0.25, 0.3) is 0 Å². The molecular weight excluding hydrogens is 244 g/mol. The second kappa shape index (κ2) is 4.48. The summed E-state index contributed by atoms with van der Waals surface area (Å²) in [5.74, 6) is 3.76. The van der Waals surface area contributed by atoms with Gasteiger partial charge in [-0.2, -0.15) is 0 Å². The van der Waals surface area contributed by atoms with Crippen LogP contribution >= 0.6 is 0 Å². The highest BCUT2D eigenvalue weighted by Crippen LogP contribution is 2.66. The van der Waals surface area contributed by atoms with E-state index < -0.39 is 0 Å². The molecule has 4 saturated carbocycles. The first-order valence-electron chi connectivity index (χ1n) is 9.24. The van der Waals surface area contributed by atoms with E-state index in [1.807, 2.05) is 0 Å². The third-order valence-corrected chi connectivity index (χ3v) is 8.53. The highest BCUT2D eigenvalue weighted by Gasteiger charge is 2.59. The molecule has 20 heavy (non-hydrogen) atoms. The Morgan fingerprint density at radius 2 is 1.55 bits per heavy atom. The predicted molar refractivity (Wildman–Crippen MR) is 82.4 cm³/mol. The van der Waals surface area contributed by atoms with Crippen molar-refractivity contribution in [2.75, 3.05) is 0 Å². The molecule has 4 aliphatic rings. The minimum absolute atomic E-state index is 0.00895. The van der Waals surface area contributed by atoms with Gasteiger partial charge in [0.25, 0.3) is 0 Å². The van der Waals surface area contributed by atoms with E-state index >= 15 is 0 Å². The molecule has 114 valence electrons. The summed E-state index contributed by atoms with van der Waals surface area (Å²) in [6.07, 6.45) is 14.0. The zero-order chi connectivity index (χ0) is 14.0. The average molecular weight is 276 g/mol. The Kier molecular flexibility index (Phi) is 3.05. The highest BCUT2D eigenvalue weighted by atomic mass is 16.3. The molecule has 4 aliphatic carbocycles. The summed E-state index contributed by atoms with van der Waals surface area (Å²) < 4.78 is 0. The summed E-state index contributed by atoms with van der Waals surface area (Å²) in [4.78, 5) is 0. The van der Waals surface area contributed by atoms with E-state index in [0.717, 1.165) is 30.1 Å². The fourth-order valence-electron chi connectivity index (χ4n) is 7.27. The first-order chi connectivity index (χ1) is 9.56. The Bertz CT molecular complexity index is 391. The van der Waals surface area contributed by atoms with Crippen molar-refractivity contribution < 1.29 is 5.11 Å². The molecule has 0 aliphatic heterocycles. The summed E-state index contributed by atoms with van der Waals surface area (Å²) in [6.45, 7) is 5.04. The summed E-state index contributed by atoms with van der Waals surface area (Å²) in [5.41, 5.74) is 0.912. The molecule has 0 unspecified atom stereocenters. The van der Waals surface area contributed by atoms with Crippen molar-refractivity contribution in [3.8, 4) is 0 Å². The van der Waals surface area contributed by atoms with Crippen LogP contribution in [0.3, 0.4) is 0 Å². The SMILES string of the molecule is C[C@]12CCCC[C@H]1CC[C@H]1[C@H]3CC[C@H](O)[C@]3(C)CC[C@@H]12. The first kappa shape index (κ1) is 13.6. The van der Waals surface area contributed by atoms with Gasteiger partial charge in [-0.1, -0.05) is 26.7 Å². The molecule has 1 heteroatoms. The molecule has 0 spiro atoms. The number of aliphatic hydroxyl groups excluding tert-OH is 1. The van der Waals surface area contributed by atoms with Crippen molar-refractivity contribution in [2.45, 2.75) is 84.2 Å². The fourth-order valence-corrected chi connectivity index (χ4v) is 7.27. The molecule has 0 aromatic heterocycles. The molecule has 0 aromatic carbocycles. The standard InChI is InChI=1S/C19H32O/c1-18-11-4-3-5-13(18)6-7-14-15-8-9-17(20)19(15,2)12-10-16(14)18/h13-17,20H,3-12H2,1-2H3/t13-,14-,15+,16-,17-,18-,19+/m0/s1. The van der Waals surface area contributed by atoms with Crippen LogP contribution < -0.4 is 0 Å². The quantitative estimate of drug-likeness (QED) is 0.675. The summed E-state index contributed by atoms with van der Waals surface area (Å²) in [7, 11) is 0. The third-order valence-electron chi connectivity index (χ3n) is 8.53. The van der Waals surface area contributed by atoms with Gasteiger partial charge < -0.3 is 5.11 Å². The summed E-state index contributed by atoms with van der Waals surface area (Å²) in [5, 5.41) is 10.5. The molecular formula is C19H32O. The third kappa shape index (κ3) is 1.65. The van der Waals surface area contributed by atoms with E-state index in [1.165, 1.54) is 57.8 Å². The van der Waals surface area contributed by atoms with E-state index in [4.69, 9.17) is 0 Å². The molecule has 0 radical (unpaired) electrons.